The molecule has 4 aliphatic rings. The summed E-state index contributed by atoms with van der Waals surface area (Å²) in [4.78, 5) is 11.4. The van der Waals surface area contributed by atoms with Gasteiger partial charge in [0.15, 0.2) is 0 Å². The summed E-state index contributed by atoms with van der Waals surface area (Å²) in [6, 6.07) is 8.98. The monoisotopic (exact) mass is 486 g/mol. The zero-order valence-corrected chi connectivity index (χ0v) is 19.4. The molecule has 172 valence electrons. The van der Waals surface area contributed by atoms with E-state index < -0.39 is 16.0 Å². The summed E-state index contributed by atoms with van der Waals surface area (Å²) in [5.74, 6) is -0.0955. The number of carboxylic acid groups (broad SMARTS) is 1. The fraction of sp³-hybridized carbons (Fsp3) is 0.417. The Bertz CT molecular complexity index is 1290. The summed E-state index contributed by atoms with van der Waals surface area (Å²) in [6.45, 7) is 0.461. The number of halogens is 1. The summed E-state index contributed by atoms with van der Waals surface area (Å²) in [5.41, 5.74) is 0.852. The largest absolute Gasteiger partial charge is 0.491 e. The highest BCUT2D eigenvalue weighted by molar-refractivity contribution is 7.92. The van der Waals surface area contributed by atoms with Crippen LogP contribution in [-0.2, 0) is 10.0 Å². The van der Waals surface area contributed by atoms with E-state index in [0.29, 0.717) is 12.2 Å². The van der Waals surface area contributed by atoms with Crippen molar-refractivity contribution in [3.8, 4) is 11.8 Å². The van der Waals surface area contributed by atoms with E-state index in [2.05, 4.69) is 4.72 Å². The average Bonchev–Trinajstić information content (AvgIpc) is 3.41. The third-order valence-electron chi connectivity index (χ3n) is 7.06. The summed E-state index contributed by atoms with van der Waals surface area (Å²) in [5, 5.41) is 19.0. The van der Waals surface area contributed by atoms with Crippen LogP contribution in [0, 0.1) is 22.7 Å². The first-order valence-corrected chi connectivity index (χ1v) is 12.8. The molecule has 0 unspecified atom stereocenters. The molecule has 33 heavy (non-hydrogen) atoms. The highest BCUT2D eigenvalue weighted by Crippen LogP contribution is 2.59. The van der Waals surface area contributed by atoms with Gasteiger partial charge in [0.1, 0.15) is 11.8 Å². The molecule has 7 nitrogen and oxygen atoms in total. The van der Waals surface area contributed by atoms with Gasteiger partial charge in [-0.1, -0.05) is 17.7 Å². The highest BCUT2D eigenvalue weighted by atomic mass is 35.5. The molecule has 2 bridgehead atoms. The Balaban J connectivity index is 1.49. The molecule has 4 aliphatic carbocycles. The average molecular weight is 487 g/mol. The number of fused-ring (bicyclic) bond motifs is 1. The molecule has 0 aliphatic heterocycles. The number of benzene rings is 2. The van der Waals surface area contributed by atoms with Crippen LogP contribution in [-0.4, -0.2) is 26.1 Å². The van der Waals surface area contributed by atoms with Crippen molar-refractivity contribution in [1.82, 2.24) is 0 Å². The van der Waals surface area contributed by atoms with Crippen LogP contribution in [0.2, 0.25) is 5.02 Å². The molecule has 4 fully saturated rings. The fourth-order valence-corrected chi connectivity index (χ4v) is 6.76. The van der Waals surface area contributed by atoms with E-state index in [0.717, 1.165) is 38.0 Å². The van der Waals surface area contributed by atoms with Gasteiger partial charge in [0, 0.05) is 11.5 Å². The molecular formula is C24H23ClN2O5S. The van der Waals surface area contributed by atoms with Crippen molar-refractivity contribution < 1.29 is 23.1 Å². The van der Waals surface area contributed by atoms with Crippen molar-refractivity contribution in [2.75, 3.05) is 11.3 Å². The lowest BCUT2D eigenvalue weighted by Gasteiger charge is -2.38. The minimum Gasteiger partial charge on any atom is -0.491 e. The van der Waals surface area contributed by atoms with E-state index in [9.17, 15) is 23.6 Å². The van der Waals surface area contributed by atoms with Gasteiger partial charge < -0.3 is 9.84 Å². The molecule has 0 aromatic heterocycles. The van der Waals surface area contributed by atoms with Crippen molar-refractivity contribution in [2.24, 2.45) is 11.3 Å². The van der Waals surface area contributed by atoms with Crippen molar-refractivity contribution in [3.05, 3.63) is 52.0 Å². The van der Waals surface area contributed by atoms with E-state index in [1.54, 1.807) is 6.07 Å². The predicted molar refractivity (Wildman–Crippen MR) is 122 cm³/mol. The number of nitrogens with zero attached hydrogens (tertiary/aromatic N) is 1. The van der Waals surface area contributed by atoms with Crippen LogP contribution in [0.5, 0.6) is 5.75 Å². The lowest BCUT2D eigenvalue weighted by molar-refractivity contribution is 0.0694. The van der Waals surface area contributed by atoms with Crippen LogP contribution in [0.3, 0.4) is 0 Å². The molecule has 0 atom stereocenters. The molecule has 2 N–H and O–H groups in total. The molecule has 6 rings (SSSR count). The van der Waals surface area contributed by atoms with Crippen molar-refractivity contribution >= 4 is 33.3 Å². The van der Waals surface area contributed by atoms with E-state index in [-0.39, 0.29) is 43.8 Å². The number of carboxylic acids is 1. The quantitative estimate of drug-likeness (QED) is 0.532. The van der Waals surface area contributed by atoms with Crippen LogP contribution in [0.4, 0.5) is 5.69 Å². The second kappa shape index (κ2) is 7.93. The molecule has 0 radical (unpaired) electrons. The summed E-state index contributed by atoms with van der Waals surface area (Å²) < 4.78 is 35.4. The number of nitrogens with one attached hydrogen (secondary N) is 1. The van der Waals surface area contributed by atoms with Crippen LogP contribution >= 0.6 is 11.6 Å². The van der Waals surface area contributed by atoms with Gasteiger partial charge in [-0.25, -0.2) is 13.2 Å². The lowest BCUT2D eigenvalue weighted by atomic mass is 9.70. The number of sulfonamides is 1. The molecule has 9 heteroatoms. The maximum absolute atomic E-state index is 13.4. The van der Waals surface area contributed by atoms with Gasteiger partial charge in [-0.3, -0.25) is 4.72 Å². The fourth-order valence-electron chi connectivity index (χ4n) is 5.18. The van der Waals surface area contributed by atoms with E-state index in [1.165, 1.54) is 30.7 Å². The number of ether oxygens (including phenoxy) is 1. The second-order valence-corrected chi connectivity index (χ2v) is 11.5. The van der Waals surface area contributed by atoms with Gasteiger partial charge >= 0.3 is 5.97 Å². The molecule has 2 aromatic carbocycles. The molecule has 2 aromatic rings. The summed E-state index contributed by atoms with van der Waals surface area (Å²) in [7, 11) is -4.15. The molecule has 0 amide bonds. The molecule has 4 saturated carbocycles. The van der Waals surface area contributed by atoms with E-state index >= 15 is 0 Å². The second-order valence-electron chi connectivity index (χ2n) is 9.48. The third-order valence-corrected chi connectivity index (χ3v) is 8.80. The van der Waals surface area contributed by atoms with E-state index in [4.69, 9.17) is 16.3 Å². The third kappa shape index (κ3) is 4.16. The van der Waals surface area contributed by atoms with Crippen molar-refractivity contribution in [2.45, 2.75) is 49.3 Å². The first-order valence-electron chi connectivity index (χ1n) is 11.0. The maximum atomic E-state index is 13.4. The summed E-state index contributed by atoms with van der Waals surface area (Å²) >= 11 is 6.22. The first kappa shape index (κ1) is 22.1. The Labute approximate surface area is 197 Å². The van der Waals surface area contributed by atoms with Gasteiger partial charge in [-0.05, 0) is 74.1 Å². The van der Waals surface area contributed by atoms with Crippen molar-refractivity contribution in [1.29, 1.82) is 5.26 Å². The lowest BCUT2D eigenvalue weighted by Crippen LogP contribution is -2.34. The number of anilines is 1. The highest BCUT2D eigenvalue weighted by Gasteiger charge is 2.50. The molecule has 0 spiro atoms. The van der Waals surface area contributed by atoms with E-state index in [1.807, 2.05) is 6.07 Å². The zero-order chi connectivity index (χ0) is 23.4. The van der Waals surface area contributed by atoms with Crippen LogP contribution in [0.15, 0.2) is 35.2 Å². The zero-order valence-electron chi connectivity index (χ0n) is 17.8. The maximum Gasteiger partial charge on any atom is 0.335 e. The van der Waals surface area contributed by atoms with Gasteiger partial charge in [0.2, 0.25) is 0 Å². The number of hydrogen-bond acceptors (Lipinski definition) is 5. The Hall–Kier alpha value is -2.76. The van der Waals surface area contributed by atoms with Crippen LogP contribution in [0.1, 0.15) is 65.9 Å². The molecule has 0 saturated heterocycles. The van der Waals surface area contributed by atoms with Gasteiger partial charge in [-0.15, -0.1) is 0 Å². The Kier molecular flexibility index (Phi) is 5.30. The minimum atomic E-state index is -4.15. The number of aromatic carboxylic acids is 1. The Morgan fingerprint density at radius 3 is 2.61 bits per heavy atom. The van der Waals surface area contributed by atoms with Crippen LogP contribution in [0.25, 0.3) is 0 Å². The van der Waals surface area contributed by atoms with Crippen LogP contribution < -0.4 is 9.46 Å². The molecule has 0 heterocycles. The van der Waals surface area contributed by atoms with Crippen molar-refractivity contribution in [3.63, 3.8) is 0 Å². The predicted octanol–water partition coefficient (Wildman–Crippen LogP) is 5.16. The SMILES string of the molecule is N#Cc1cc(NS(=O)(=O)c2cc(C(=O)O)ccc2C2CC2)c(OCC23CCC(C2)C3)cc1Cl. The number of carbonyl (C=O) groups is 1. The number of rotatable bonds is 8. The Morgan fingerprint density at radius 2 is 2.00 bits per heavy atom. The minimum absolute atomic E-state index is 0.0690. The van der Waals surface area contributed by atoms with Gasteiger partial charge in [0.05, 0.1) is 33.3 Å². The topological polar surface area (TPSA) is 116 Å². The van der Waals surface area contributed by atoms with Gasteiger partial charge in [-0.2, -0.15) is 5.26 Å². The Morgan fingerprint density at radius 1 is 1.24 bits per heavy atom. The molecular weight excluding hydrogens is 464 g/mol. The number of nitriles is 1. The summed E-state index contributed by atoms with van der Waals surface area (Å²) in [6.07, 6.45) is 6.23. The standard InChI is InChI=1S/C24H23ClN2O5S/c25-19-9-21(32-13-24-6-5-14(10-24)11-24)20(7-17(19)12-26)27-33(30,31)22-8-16(23(28)29)3-4-18(22)15-1-2-15/h3-4,7-9,14-15,27H,1-2,5-6,10-11,13H2,(H,28,29). The first-order chi connectivity index (χ1) is 15.7. The smallest absolute Gasteiger partial charge is 0.335 e. The number of hydrogen-bond donors (Lipinski definition) is 2. The normalized spacial score (nSPS) is 23.5. The van der Waals surface area contributed by atoms with Gasteiger partial charge in [0.25, 0.3) is 10.0 Å².